The molecule has 5 nitrogen and oxygen atoms in total. The predicted molar refractivity (Wildman–Crippen MR) is 61.0 cm³/mol. The summed E-state index contributed by atoms with van der Waals surface area (Å²) in [5.74, 6) is 0. The van der Waals surface area contributed by atoms with E-state index in [0.29, 0.717) is 0 Å². The number of thiocarbonyl (C=S) groups is 1. The SMILES string of the molecule is CNC(=S)NC1COC(CC(F)F)C(O)C1O. The lowest BCUT2D eigenvalue weighted by atomic mass is 9.96. The number of halogens is 2. The average Bonchev–Trinajstić information content (AvgIpc) is 2.28. The molecule has 1 heterocycles. The highest BCUT2D eigenvalue weighted by Gasteiger charge is 2.39. The van der Waals surface area contributed by atoms with Crippen molar-refractivity contribution in [3.8, 4) is 0 Å². The zero-order valence-electron chi connectivity index (χ0n) is 9.27. The standard InChI is InChI=1S/C9H16F2N2O3S/c1-12-9(17)13-4-3-16-5(2-6(10)11)8(15)7(4)14/h4-8,14-15H,2-3H2,1H3,(H2,12,13,17). The molecule has 1 rings (SSSR count). The van der Waals surface area contributed by atoms with Crippen LogP contribution in [0.15, 0.2) is 0 Å². The molecule has 4 unspecified atom stereocenters. The molecule has 4 N–H and O–H groups in total. The average molecular weight is 270 g/mol. The number of ether oxygens (including phenoxy) is 1. The van der Waals surface area contributed by atoms with Crippen molar-refractivity contribution in [2.24, 2.45) is 0 Å². The van der Waals surface area contributed by atoms with Gasteiger partial charge in [-0.1, -0.05) is 0 Å². The van der Waals surface area contributed by atoms with Crippen LogP contribution in [0.4, 0.5) is 8.78 Å². The largest absolute Gasteiger partial charge is 0.388 e. The van der Waals surface area contributed by atoms with Crippen LogP contribution in [0.1, 0.15) is 6.42 Å². The van der Waals surface area contributed by atoms with Crippen molar-refractivity contribution in [1.29, 1.82) is 0 Å². The highest BCUT2D eigenvalue weighted by atomic mass is 32.1. The minimum atomic E-state index is -2.58. The molecule has 0 aromatic carbocycles. The van der Waals surface area contributed by atoms with Gasteiger partial charge in [-0.25, -0.2) is 8.78 Å². The van der Waals surface area contributed by atoms with Crippen LogP contribution < -0.4 is 10.6 Å². The van der Waals surface area contributed by atoms with E-state index in [1.807, 2.05) is 0 Å². The van der Waals surface area contributed by atoms with Gasteiger partial charge in [0, 0.05) is 13.5 Å². The van der Waals surface area contributed by atoms with Crippen LogP contribution >= 0.6 is 12.2 Å². The lowest BCUT2D eigenvalue weighted by molar-refractivity contribution is -0.158. The van der Waals surface area contributed by atoms with Gasteiger partial charge in [-0.15, -0.1) is 0 Å². The van der Waals surface area contributed by atoms with Crippen molar-refractivity contribution in [3.05, 3.63) is 0 Å². The quantitative estimate of drug-likeness (QED) is 0.505. The molecule has 0 aromatic heterocycles. The van der Waals surface area contributed by atoms with Gasteiger partial charge in [-0.3, -0.25) is 0 Å². The maximum absolute atomic E-state index is 12.2. The van der Waals surface area contributed by atoms with E-state index in [0.717, 1.165) is 0 Å². The first-order valence-corrected chi connectivity index (χ1v) is 5.60. The van der Waals surface area contributed by atoms with Crippen LogP contribution in [0.25, 0.3) is 0 Å². The van der Waals surface area contributed by atoms with Gasteiger partial charge in [0.25, 0.3) is 0 Å². The van der Waals surface area contributed by atoms with Gasteiger partial charge in [0.1, 0.15) is 12.2 Å². The second-order valence-corrected chi connectivity index (χ2v) is 4.22. The minimum absolute atomic E-state index is 0.0113. The van der Waals surface area contributed by atoms with Gasteiger partial charge >= 0.3 is 0 Å². The fourth-order valence-electron chi connectivity index (χ4n) is 1.63. The zero-order valence-corrected chi connectivity index (χ0v) is 10.1. The number of aliphatic hydroxyl groups excluding tert-OH is 2. The third-order valence-electron chi connectivity index (χ3n) is 2.59. The summed E-state index contributed by atoms with van der Waals surface area (Å²) in [5.41, 5.74) is 0. The molecule has 0 aromatic rings. The van der Waals surface area contributed by atoms with Crippen molar-refractivity contribution in [2.75, 3.05) is 13.7 Å². The van der Waals surface area contributed by atoms with Crippen LogP contribution in [-0.2, 0) is 4.74 Å². The Morgan fingerprint density at radius 1 is 1.47 bits per heavy atom. The molecule has 0 saturated carbocycles. The fraction of sp³-hybridized carbons (Fsp3) is 0.889. The van der Waals surface area contributed by atoms with Crippen LogP contribution in [0.5, 0.6) is 0 Å². The molecule has 0 bridgehead atoms. The fourth-order valence-corrected chi connectivity index (χ4v) is 1.78. The van der Waals surface area contributed by atoms with Crippen molar-refractivity contribution in [3.63, 3.8) is 0 Å². The van der Waals surface area contributed by atoms with Crippen molar-refractivity contribution < 1.29 is 23.7 Å². The molecular formula is C9H16F2N2O3S. The summed E-state index contributed by atoms with van der Waals surface area (Å²) in [6.45, 7) is 0.0113. The molecule has 17 heavy (non-hydrogen) atoms. The van der Waals surface area contributed by atoms with E-state index >= 15 is 0 Å². The van der Waals surface area contributed by atoms with Gasteiger partial charge in [-0.2, -0.15) is 0 Å². The second kappa shape index (κ2) is 6.39. The number of hydrogen-bond acceptors (Lipinski definition) is 4. The maximum Gasteiger partial charge on any atom is 0.241 e. The third-order valence-corrected chi connectivity index (χ3v) is 2.91. The molecule has 0 spiro atoms. The lowest BCUT2D eigenvalue weighted by Crippen LogP contribution is -2.60. The predicted octanol–water partition coefficient (Wildman–Crippen LogP) is -0.775. The van der Waals surface area contributed by atoms with Crippen LogP contribution in [0.2, 0.25) is 0 Å². The number of nitrogens with one attached hydrogen (secondary N) is 2. The highest BCUT2D eigenvalue weighted by molar-refractivity contribution is 7.80. The third kappa shape index (κ3) is 3.98. The summed E-state index contributed by atoms with van der Waals surface area (Å²) in [6.07, 6.45) is -6.77. The molecule has 100 valence electrons. The summed E-state index contributed by atoms with van der Waals surface area (Å²) in [7, 11) is 1.60. The number of hydrogen-bond donors (Lipinski definition) is 4. The molecule has 8 heteroatoms. The molecule has 0 radical (unpaired) electrons. The van der Waals surface area contributed by atoms with Crippen LogP contribution in [0.3, 0.4) is 0 Å². The smallest absolute Gasteiger partial charge is 0.241 e. The monoisotopic (exact) mass is 270 g/mol. The first kappa shape index (κ1) is 14.5. The van der Waals surface area contributed by atoms with E-state index in [4.69, 9.17) is 17.0 Å². The Balaban J connectivity index is 2.52. The van der Waals surface area contributed by atoms with Crippen LogP contribution in [0, 0.1) is 0 Å². The lowest BCUT2D eigenvalue weighted by Gasteiger charge is -2.38. The summed E-state index contributed by atoms with van der Waals surface area (Å²) in [6, 6.07) is -0.612. The van der Waals surface area contributed by atoms with Gasteiger partial charge in [0.05, 0.1) is 18.8 Å². The summed E-state index contributed by atoms with van der Waals surface area (Å²) < 4.78 is 29.4. The Bertz CT molecular complexity index is 271. The topological polar surface area (TPSA) is 73.8 Å². The Kier molecular flexibility index (Phi) is 5.44. The van der Waals surface area contributed by atoms with Crippen molar-refractivity contribution in [2.45, 2.75) is 37.2 Å². The van der Waals surface area contributed by atoms with Gasteiger partial charge < -0.3 is 25.6 Å². The number of alkyl halides is 2. The Morgan fingerprint density at radius 2 is 2.12 bits per heavy atom. The minimum Gasteiger partial charge on any atom is -0.388 e. The summed E-state index contributed by atoms with van der Waals surface area (Å²) >= 11 is 4.84. The van der Waals surface area contributed by atoms with E-state index in [1.165, 1.54) is 0 Å². The summed E-state index contributed by atoms with van der Waals surface area (Å²) in [5, 5.41) is 25.0. The normalized spacial score (nSPS) is 33.5. The van der Waals surface area contributed by atoms with Gasteiger partial charge in [-0.05, 0) is 12.2 Å². The van der Waals surface area contributed by atoms with E-state index in [1.54, 1.807) is 7.05 Å². The second-order valence-electron chi connectivity index (χ2n) is 3.81. The first-order chi connectivity index (χ1) is 7.95. The maximum atomic E-state index is 12.2. The van der Waals surface area contributed by atoms with E-state index in [-0.39, 0.29) is 11.7 Å². The number of rotatable bonds is 3. The Morgan fingerprint density at radius 3 is 2.65 bits per heavy atom. The molecule has 1 aliphatic heterocycles. The molecule has 0 amide bonds. The van der Waals surface area contributed by atoms with Crippen molar-refractivity contribution in [1.82, 2.24) is 10.6 Å². The van der Waals surface area contributed by atoms with Crippen molar-refractivity contribution >= 4 is 17.3 Å². The van der Waals surface area contributed by atoms with E-state index in [9.17, 15) is 19.0 Å². The molecular weight excluding hydrogens is 254 g/mol. The summed E-state index contributed by atoms with van der Waals surface area (Å²) in [4.78, 5) is 0. The molecule has 4 atom stereocenters. The Hall–Kier alpha value is -0.570. The zero-order chi connectivity index (χ0) is 13.0. The van der Waals surface area contributed by atoms with Gasteiger partial charge in [0.15, 0.2) is 5.11 Å². The Labute approximate surface area is 103 Å². The van der Waals surface area contributed by atoms with Crippen LogP contribution in [-0.4, -0.2) is 59.8 Å². The molecule has 1 saturated heterocycles. The number of aliphatic hydroxyl groups is 2. The molecule has 0 aliphatic carbocycles. The highest BCUT2D eigenvalue weighted by Crippen LogP contribution is 2.20. The molecule has 1 aliphatic rings. The van der Waals surface area contributed by atoms with E-state index < -0.39 is 37.2 Å². The van der Waals surface area contributed by atoms with E-state index in [2.05, 4.69) is 10.6 Å². The first-order valence-electron chi connectivity index (χ1n) is 5.19. The van der Waals surface area contributed by atoms with Gasteiger partial charge in [0.2, 0.25) is 6.43 Å². The molecule has 1 fully saturated rings.